The lowest BCUT2D eigenvalue weighted by atomic mass is 10.00. The molecule has 0 saturated carbocycles. The Morgan fingerprint density at radius 1 is 1.24 bits per heavy atom. The van der Waals surface area contributed by atoms with Crippen molar-refractivity contribution in [2.24, 2.45) is 5.92 Å². The average molecular weight is 299 g/mol. The predicted molar refractivity (Wildman–Crippen MR) is 79.6 cm³/mol. The quantitative estimate of drug-likeness (QED) is 0.810. The second-order valence-corrected chi connectivity index (χ2v) is 5.32. The summed E-state index contributed by atoms with van der Waals surface area (Å²) < 4.78 is 33.0. The Morgan fingerprint density at radius 3 is 2.62 bits per heavy atom. The van der Waals surface area contributed by atoms with E-state index in [1.807, 2.05) is 6.92 Å². The van der Waals surface area contributed by atoms with Crippen molar-refractivity contribution in [2.45, 2.75) is 39.2 Å². The van der Waals surface area contributed by atoms with Crippen molar-refractivity contribution in [1.29, 1.82) is 0 Å². The Bertz CT molecular complexity index is 470. The van der Waals surface area contributed by atoms with Crippen molar-refractivity contribution in [3.8, 4) is 0 Å². The minimum atomic E-state index is -0.665. The number of anilines is 2. The summed E-state index contributed by atoms with van der Waals surface area (Å²) in [5, 5.41) is 5.85. The van der Waals surface area contributed by atoms with Gasteiger partial charge in [0.2, 0.25) is 0 Å². The molecular formula is C15H23F2N3O. The summed E-state index contributed by atoms with van der Waals surface area (Å²) in [5.74, 6) is -0.802. The number of hydrogen-bond donors (Lipinski definition) is 2. The van der Waals surface area contributed by atoms with Crippen molar-refractivity contribution in [2.75, 3.05) is 30.3 Å². The molecule has 0 aromatic carbocycles. The number of nitrogens with zero attached hydrogens (tertiary/aromatic N) is 1. The molecule has 0 radical (unpaired) electrons. The lowest BCUT2D eigenvalue weighted by Crippen LogP contribution is -2.23. The number of nitrogens with one attached hydrogen (secondary N) is 2. The van der Waals surface area contributed by atoms with Crippen LogP contribution < -0.4 is 10.6 Å². The van der Waals surface area contributed by atoms with Crippen LogP contribution in [0.3, 0.4) is 0 Å². The van der Waals surface area contributed by atoms with Crippen LogP contribution in [0.5, 0.6) is 0 Å². The van der Waals surface area contributed by atoms with E-state index < -0.39 is 11.6 Å². The van der Waals surface area contributed by atoms with Gasteiger partial charge in [-0.05, 0) is 19.3 Å². The predicted octanol–water partition coefficient (Wildman–Crippen LogP) is 3.41. The van der Waals surface area contributed by atoms with Crippen LogP contribution in [0.15, 0.2) is 6.07 Å². The van der Waals surface area contributed by atoms with Gasteiger partial charge in [0.15, 0.2) is 23.3 Å². The van der Waals surface area contributed by atoms with Crippen LogP contribution in [0.2, 0.25) is 0 Å². The zero-order valence-corrected chi connectivity index (χ0v) is 12.6. The highest BCUT2D eigenvalue weighted by atomic mass is 19.1. The van der Waals surface area contributed by atoms with E-state index in [1.54, 1.807) is 0 Å². The standard InChI is InChI=1S/C15H23F2N3O/c1-3-6-18-14-11(16)8-12(17)15(20-14)19-9-10-5-7-21-13(10)4-2/h8,10,13H,3-7,9H2,1-2H3,(H2,18,19,20). The van der Waals surface area contributed by atoms with Gasteiger partial charge in [-0.2, -0.15) is 0 Å². The van der Waals surface area contributed by atoms with Crippen LogP contribution in [0.4, 0.5) is 20.4 Å². The number of halogens is 2. The fourth-order valence-corrected chi connectivity index (χ4v) is 2.56. The fourth-order valence-electron chi connectivity index (χ4n) is 2.56. The maximum atomic E-state index is 13.8. The van der Waals surface area contributed by atoms with Crippen LogP contribution in [0.1, 0.15) is 33.1 Å². The first-order valence-electron chi connectivity index (χ1n) is 7.61. The van der Waals surface area contributed by atoms with Gasteiger partial charge in [0.25, 0.3) is 0 Å². The molecule has 1 aliphatic rings. The SMILES string of the molecule is CCCNc1nc(NCC2CCOC2CC)c(F)cc1F. The smallest absolute Gasteiger partial charge is 0.168 e. The molecule has 2 unspecified atom stereocenters. The monoisotopic (exact) mass is 299 g/mol. The molecule has 0 bridgehead atoms. The number of ether oxygens (including phenoxy) is 1. The Morgan fingerprint density at radius 2 is 1.95 bits per heavy atom. The van der Waals surface area contributed by atoms with E-state index in [4.69, 9.17) is 4.74 Å². The minimum absolute atomic E-state index is 0.0930. The molecule has 4 nitrogen and oxygen atoms in total. The summed E-state index contributed by atoms with van der Waals surface area (Å²) in [6, 6.07) is 0.871. The molecular weight excluding hydrogens is 276 g/mol. The minimum Gasteiger partial charge on any atom is -0.378 e. The molecule has 1 fully saturated rings. The van der Waals surface area contributed by atoms with Gasteiger partial charge in [0.1, 0.15) is 0 Å². The van der Waals surface area contributed by atoms with Crippen molar-refractivity contribution < 1.29 is 13.5 Å². The van der Waals surface area contributed by atoms with Crippen molar-refractivity contribution in [3.63, 3.8) is 0 Å². The molecule has 2 atom stereocenters. The Labute approximate surface area is 124 Å². The van der Waals surface area contributed by atoms with Crippen molar-refractivity contribution in [1.82, 2.24) is 4.98 Å². The zero-order chi connectivity index (χ0) is 15.2. The third kappa shape index (κ3) is 4.03. The Kier molecular flexibility index (Phi) is 5.73. The molecule has 0 spiro atoms. The molecule has 0 aliphatic carbocycles. The Balaban J connectivity index is 2.01. The van der Waals surface area contributed by atoms with E-state index in [-0.39, 0.29) is 17.7 Å². The summed E-state index contributed by atoms with van der Waals surface area (Å²) >= 11 is 0. The summed E-state index contributed by atoms with van der Waals surface area (Å²) in [4.78, 5) is 4.01. The normalized spacial score (nSPS) is 21.5. The molecule has 21 heavy (non-hydrogen) atoms. The summed E-state index contributed by atoms with van der Waals surface area (Å²) in [7, 11) is 0. The topological polar surface area (TPSA) is 46.2 Å². The maximum absolute atomic E-state index is 13.8. The van der Waals surface area contributed by atoms with Crippen LogP contribution in [0, 0.1) is 17.6 Å². The summed E-state index contributed by atoms with van der Waals surface area (Å²) in [5.41, 5.74) is 0. The van der Waals surface area contributed by atoms with Gasteiger partial charge in [-0.15, -0.1) is 0 Å². The van der Waals surface area contributed by atoms with Gasteiger partial charge < -0.3 is 15.4 Å². The van der Waals surface area contributed by atoms with Crippen LogP contribution in [-0.2, 0) is 4.74 Å². The van der Waals surface area contributed by atoms with Gasteiger partial charge in [0, 0.05) is 31.7 Å². The lowest BCUT2D eigenvalue weighted by Gasteiger charge is -2.18. The van der Waals surface area contributed by atoms with Crippen LogP contribution >= 0.6 is 0 Å². The van der Waals surface area contributed by atoms with E-state index in [0.717, 1.165) is 31.9 Å². The first-order valence-corrected chi connectivity index (χ1v) is 7.61. The molecule has 2 N–H and O–H groups in total. The highest BCUT2D eigenvalue weighted by molar-refractivity contribution is 5.47. The number of pyridine rings is 1. The maximum Gasteiger partial charge on any atom is 0.168 e. The molecule has 0 amide bonds. The summed E-state index contributed by atoms with van der Waals surface area (Å²) in [6.07, 6.45) is 2.95. The lowest BCUT2D eigenvalue weighted by molar-refractivity contribution is 0.0900. The number of aromatic nitrogens is 1. The molecule has 1 saturated heterocycles. The highest BCUT2D eigenvalue weighted by Crippen LogP contribution is 2.25. The van der Waals surface area contributed by atoms with Crippen molar-refractivity contribution in [3.05, 3.63) is 17.7 Å². The largest absolute Gasteiger partial charge is 0.378 e. The molecule has 1 aromatic heterocycles. The molecule has 1 aromatic rings. The first kappa shape index (κ1) is 15.9. The van der Waals surface area contributed by atoms with E-state index in [1.165, 1.54) is 0 Å². The number of rotatable bonds is 7. The first-order chi connectivity index (χ1) is 10.2. The fraction of sp³-hybridized carbons (Fsp3) is 0.667. The van der Waals surface area contributed by atoms with Gasteiger partial charge in [-0.25, -0.2) is 13.8 Å². The molecule has 118 valence electrons. The van der Waals surface area contributed by atoms with E-state index in [2.05, 4.69) is 22.5 Å². The Hall–Kier alpha value is -1.43. The van der Waals surface area contributed by atoms with Crippen LogP contribution in [0.25, 0.3) is 0 Å². The number of hydrogen-bond acceptors (Lipinski definition) is 4. The van der Waals surface area contributed by atoms with Gasteiger partial charge >= 0.3 is 0 Å². The highest BCUT2D eigenvalue weighted by Gasteiger charge is 2.26. The van der Waals surface area contributed by atoms with Gasteiger partial charge in [-0.1, -0.05) is 13.8 Å². The molecule has 2 rings (SSSR count). The third-order valence-corrected chi connectivity index (χ3v) is 3.75. The average Bonchev–Trinajstić information content (AvgIpc) is 2.93. The van der Waals surface area contributed by atoms with Gasteiger partial charge in [-0.3, -0.25) is 0 Å². The molecule has 2 heterocycles. The van der Waals surface area contributed by atoms with Crippen LogP contribution in [-0.4, -0.2) is 30.8 Å². The molecule has 1 aliphatic heterocycles. The van der Waals surface area contributed by atoms with Gasteiger partial charge in [0.05, 0.1) is 6.10 Å². The second-order valence-electron chi connectivity index (χ2n) is 5.32. The van der Waals surface area contributed by atoms with E-state index in [9.17, 15) is 8.78 Å². The second kappa shape index (κ2) is 7.54. The zero-order valence-electron chi connectivity index (χ0n) is 12.6. The summed E-state index contributed by atoms with van der Waals surface area (Å²) in [6.45, 7) is 5.98. The third-order valence-electron chi connectivity index (χ3n) is 3.75. The van der Waals surface area contributed by atoms with E-state index in [0.29, 0.717) is 19.0 Å². The van der Waals surface area contributed by atoms with E-state index >= 15 is 0 Å². The van der Waals surface area contributed by atoms with Crippen molar-refractivity contribution >= 4 is 11.6 Å². The molecule has 6 heteroatoms.